The van der Waals surface area contributed by atoms with Gasteiger partial charge in [-0.25, -0.2) is 0 Å². The van der Waals surface area contributed by atoms with Crippen LogP contribution in [0, 0.1) is 11.3 Å². The van der Waals surface area contributed by atoms with Crippen LogP contribution in [-0.4, -0.2) is 19.2 Å². The number of benzene rings is 1. The molecule has 0 N–H and O–H groups in total. The van der Waals surface area contributed by atoms with E-state index in [2.05, 4.69) is 13.2 Å². The highest BCUT2D eigenvalue weighted by Gasteiger charge is 2.55. The van der Waals surface area contributed by atoms with Crippen molar-refractivity contribution in [3.8, 4) is 5.75 Å². The second-order valence-electron chi connectivity index (χ2n) is 6.00. The van der Waals surface area contributed by atoms with Crippen molar-refractivity contribution in [1.82, 2.24) is 0 Å². The van der Waals surface area contributed by atoms with E-state index in [1.807, 2.05) is 24.3 Å². The van der Waals surface area contributed by atoms with Gasteiger partial charge >= 0.3 is 5.97 Å². The van der Waals surface area contributed by atoms with Gasteiger partial charge in [0.05, 0.1) is 12.0 Å². The maximum absolute atomic E-state index is 12.2. The van der Waals surface area contributed by atoms with Gasteiger partial charge in [0, 0.05) is 5.92 Å². The average Bonchev–Trinajstić information content (AvgIpc) is 2.94. The molecular weight excluding hydrogens is 264 g/mol. The molecule has 3 heteroatoms. The number of hydrogen-bond donors (Lipinski definition) is 0. The number of rotatable bonds is 5. The second-order valence-corrected chi connectivity index (χ2v) is 6.00. The SMILES string of the molecule is C=CCOc1ccc(CC23CC(=C)CC2COC3=O)cc1. The van der Waals surface area contributed by atoms with Crippen molar-refractivity contribution in [2.75, 3.05) is 13.2 Å². The average molecular weight is 284 g/mol. The smallest absolute Gasteiger partial charge is 0.313 e. The Bertz CT molecular complexity index is 573. The van der Waals surface area contributed by atoms with Crippen LogP contribution in [0.5, 0.6) is 5.75 Å². The maximum Gasteiger partial charge on any atom is 0.313 e. The predicted octanol–water partition coefficient (Wildman–Crippen LogP) is 3.30. The number of cyclic esters (lactones) is 1. The third-order valence-electron chi connectivity index (χ3n) is 4.51. The third kappa shape index (κ3) is 2.48. The summed E-state index contributed by atoms with van der Waals surface area (Å²) in [6, 6.07) is 7.93. The van der Waals surface area contributed by atoms with Gasteiger partial charge in [-0.3, -0.25) is 4.79 Å². The Morgan fingerprint density at radius 1 is 1.38 bits per heavy atom. The van der Waals surface area contributed by atoms with Crippen molar-refractivity contribution in [3.63, 3.8) is 0 Å². The van der Waals surface area contributed by atoms with Gasteiger partial charge < -0.3 is 9.47 Å². The Morgan fingerprint density at radius 3 is 2.86 bits per heavy atom. The summed E-state index contributed by atoms with van der Waals surface area (Å²) in [7, 11) is 0. The summed E-state index contributed by atoms with van der Waals surface area (Å²) >= 11 is 0. The molecule has 0 spiro atoms. The molecule has 1 saturated heterocycles. The molecule has 1 saturated carbocycles. The van der Waals surface area contributed by atoms with Crippen LogP contribution in [0.3, 0.4) is 0 Å². The van der Waals surface area contributed by atoms with Gasteiger partial charge in [0.15, 0.2) is 0 Å². The number of carbonyl (C=O) groups is 1. The molecule has 0 amide bonds. The number of esters is 1. The first-order chi connectivity index (χ1) is 10.1. The van der Waals surface area contributed by atoms with Crippen LogP contribution in [-0.2, 0) is 16.0 Å². The summed E-state index contributed by atoms with van der Waals surface area (Å²) in [6.45, 7) is 8.73. The molecule has 1 heterocycles. The highest BCUT2D eigenvalue weighted by molar-refractivity contribution is 5.81. The minimum Gasteiger partial charge on any atom is -0.490 e. The molecule has 1 aliphatic heterocycles. The Labute approximate surface area is 125 Å². The first-order valence-electron chi connectivity index (χ1n) is 7.30. The first-order valence-corrected chi connectivity index (χ1v) is 7.30. The largest absolute Gasteiger partial charge is 0.490 e. The van der Waals surface area contributed by atoms with Gasteiger partial charge in [0.1, 0.15) is 12.4 Å². The van der Waals surface area contributed by atoms with E-state index < -0.39 is 0 Å². The minimum absolute atomic E-state index is 0.0573. The van der Waals surface area contributed by atoms with Crippen LogP contribution in [0.15, 0.2) is 49.1 Å². The molecular formula is C18H20O3. The van der Waals surface area contributed by atoms with E-state index in [1.165, 1.54) is 5.57 Å². The van der Waals surface area contributed by atoms with Crippen LogP contribution >= 0.6 is 0 Å². The summed E-state index contributed by atoms with van der Waals surface area (Å²) < 4.78 is 10.8. The summed E-state index contributed by atoms with van der Waals surface area (Å²) in [5.74, 6) is 1.05. The van der Waals surface area contributed by atoms with Crippen molar-refractivity contribution < 1.29 is 14.3 Å². The molecule has 110 valence electrons. The maximum atomic E-state index is 12.2. The predicted molar refractivity (Wildman–Crippen MR) is 81.1 cm³/mol. The van der Waals surface area contributed by atoms with Gasteiger partial charge in [0.25, 0.3) is 0 Å². The van der Waals surface area contributed by atoms with Crippen LogP contribution in [0.4, 0.5) is 0 Å². The molecule has 0 bridgehead atoms. The molecule has 1 aromatic rings. The molecule has 3 nitrogen and oxygen atoms in total. The number of hydrogen-bond acceptors (Lipinski definition) is 3. The van der Waals surface area contributed by atoms with Crippen molar-refractivity contribution in [3.05, 3.63) is 54.6 Å². The Kier molecular flexibility index (Phi) is 3.58. The summed E-state index contributed by atoms with van der Waals surface area (Å²) in [5.41, 5.74) is 1.92. The lowest BCUT2D eigenvalue weighted by Crippen LogP contribution is -2.31. The standard InChI is InChI=1S/C18H20O3/c1-3-8-20-16-6-4-14(5-7-16)11-18-10-13(2)9-15(18)12-21-17(18)19/h3-7,15H,1-2,8-12H2. The summed E-state index contributed by atoms with van der Waals surface area (Å²) in [6.07, 6.45) is 4.10. The lowest BCUT2D eigenvalue weighted by Gasteiger charge is -2.24. The number of ether oxygens (including phenoxy) is 2. The lowest BCUT2D eigenvalue weighted by atomic mass is 9.75. The topological polar surface area (TPSA) is 35.5 Å². The zero-order valence-corrected chi connectivity index (χ0v) is 12.1. The van der Waals surface area contributed by atoms with E-state index in [1.54, 1.807) is 6.08 Å². The van der Waals surface area contributed by atoms with E-state index >= 15 is 0 Å². The molecule has 0 radical (unpaired) electrons. The highest BCUT2D eigenvalue weighted by atomic mass is 16.5. The molecule has 0 aromatic heterocycles. The van der Waals surface area contributed by atoms with Crippen molar-refractivity contribution >= 4 is 5.97 Å². The molecule has 2 atom stereocenters. The lowest BCUT2D eigenvalue weighted by molar-refractivity contribution is -0.146. The van der Waals surface area contributed by atoms with Crippen molar-refractivity contribution in [2.45, 2.75) is 19.3 Å². The number of fused-ring (bicyclic) bond motifs is 1. The van der Waals surface area contributed by atoms with Gasteiger partial charge in [0.2, 0.25) is 0 Å². The van der Waals surface area contributed by atoms with Gasteiger partial charge in [-0.1, -0.05) is 36.9 Å². The summed E-state index contributed by atoms with van der Waals surface area (Å²) in [4.78, 5) is 12.2. The monoisotopic (exact) mass is 284 g/mol. The minimum atomic E-state index is -0.388. The van der Waals surface area contributed by atoms with E-state index in [-0.39, 0.29) is 17.3 Å². The van der Waals surface area contributed by atoms with Crippen LogP contribution in [0.25, 0.3) is 0 Å². The highest BCUT2D eigenvalue weighted by Crippen LogP contribution is 2.52. The molecule has 2 fully saturated rings. The Hall–Kier alpha value is -2.03. The Morgan fingerprint density at radius 2 is 2.14 bits per heavy atom. The quantitative estimate of drug-likeness (QED) is 0.615. The van der Waals surface area contributed by atoms with Crippen molar-refractivity contribution in [2.24, 2.45) is 11.3 Å². The zero-order chi connectivity index (χ0) is 14.9. The van der Waals surface area contributed by atoms with Crippen LogP contribution in [0.1, 0.15) is 18.4 Å². The van der Waals surface area contributed by atoms with Gasteiger partial charge in [-0.15, -0.1) is 0 Å². The van der Waals surface area contributed by atoms with Crippen LogP contribution in [0.2, 0.25) is 0 Å². The third-order valence-corrected chi connectivity index (χ3v) is 4.51. The van der Waals surface area contributed by atoms with E-state index in [9.17, 15) is 4.79 Å². The van der Waals surface area contributed by atoms with Gasteiger partial charge in [-0.05, 0) is 37.0 Å². The number of allylic oxidation sites excluding steroid dienone is 1. The van der Waals surface area contributed by atoms with Gasteiger partial charge in [-0.2, -0.15) is 0 Å². The zero-order valence-electron chi connectivity index (χ0n) is 12.1. The fourth-order valence-corrected chi connectivity index (χ4v) is 3.49. The molecule has 3 rings (SSSR count). The second kappa shape index (κ2) is 5.40. The first kappa shape index (κ1) is 13.9. The van der Waals surface area contributed by atoms with Crippen LogP contribution < -0.4 is 4.74 Å². The number of carbonyl (C=O) groups excluding carboxylic acids is 1. The normalized spacial score (nSPS) is 27.3. The van der Waals surface area contributed by atoms with E-state index in [0.717, 1.165) is 30.6 Å². The van der Waals surface area contributed by atoms with E-state index in [0.29, 0.717) is 13.2 Å². The van der Waals surface area contributed by atoms with Crippen molar-refractivity contribution in [1.29, 1.82) is 0 Å². The molecule has 1 aliphatic carbocycles. The fourth-order valence-electron chi connectivity index (χ4n) is 3.49. The molecule has 1 aromatic carbocycles. The fraction of sp³-hybridized carbons (Fsp3) is 0.389. The summed E-state index contributed by atoms with van der Waals surface area (Å²) in [5, 5.41) is 0. The Balaban J connectivity index is 1.77. The van der Waals surface area contributed by atoms with E-state index in [4.69, 9.17) is 9.47 Å². The molecule has 21 heavy (non-hydrogen) atoms. The molecule has 2 unspecified atom stereocenters. The molecule has 2 aliphatic rings.